The van der Waals surface area contributed by atoms with Crippen LogP contribution >= 0.6 is 8.03 Å². The summed E-state index contributed by atoms with van der Waals surface area (Å²) >= 11 is 0. The van der Waals surface area contributed by atoms with Crippen molar-refractivity contribution in [1.82, 2.24) is 4.98 Å². The van der Waals surface area contributed by atoms with Crippen LogP contribution in [0.3, 0.4) is 0 Å². The number of nitrogens with zero attached hydrogens (tertiary/aromatic N) is 1. The summed E-state index contributed by atoms with van der Waals surface area (Å²) in [7, 11) is -2.59. The van der Waals surface area contributed by atoms with Crippen molar-refractivity contribution < 1.29 is 28.5 Å². The normalized spacial score (nSPS) is 12.0. The van der Waals surface area contributed by atoms with E-state index in [2.05, 4.69) is 36.3 Å². The Morgan fingerprint density at radius 1 is 0.976 bits per heavy atom. The maximum Gasteiger partial charge on any atom is 0.508 e. The van der Waals surface area contributed by atoms with Crippen LogP contribution in [0.4, 0.5) is 4.39 Å². The molecule has 0 saturated carbocycles. The van der Waals surface area contributed by atoms with Crippen molar-refractivity contribution in [3.63, 3.8) is 0 Å². The first-order valence-corrected chi connectivity index (χ1v) is 14.6. The van der Waals surface area contributed by atoms with Gasteiger partial charge in [0.25, 0.3) is 0 Å². The number of hydrogen-bond donors (Lipinski definition) is 2. The minimum Gasteiger partial charge on any atom is -0.388 e. The van der Waals surface area contributed by atoms with Gasteiger partial charge in [0, 0.05) is 5.56 Å². The molecule has 1 aromatic heterocycles. The van der Waals surface area contributed by atoms with Crippen molar-refractivity contribution in [1.29, 1.82) is 0 Å². The number of hydrogen-bond acceptors (Lipinski definition) is 5. The van der Waals surface area contributed by atoms with Gasteiger partial charge in [-0.2, -0.15) is 4.89 Å². The molecule has 1 heterocycles. The highest BCUT2D eigenvalue weighted by molar-refractivity contribution is 7.38. The number of aliphatic hydroxyl groups is 1. The number of ether oxygens (including phenoxy) is 1. The van der Waals surface area contributed by atoms with Gasteiger partial charge in [0.15, 0.2) is 0 Å². The molecule has 3 aromatic carbocycles. The molecule has 6 nitrogen and oxygen atoms in total. The van der Waals surface area contributed by atoms with Crippen LogP contribution in [-0.2, 0) is 14.1 Å². The SMILES string of the molecule is CC(C)c1nc(C(c2ccccc2)c2ccccc2)cc(-c2ccc(F)cc2)c1C#COC(=O)CC(O)C[P+](=O)O. The standard InChI is InChI=1S/C33H29FNO5P/c1-22(2)33-28(17-18-40-31(37)19-27(36)21-41(38)39)29(23-13-15-26(34)16-14-23)20-30(35-33)32(24-9-5-3-6-10-24)25-11-7-4-8-12-25/h3-16,20,22,27,32,36H,19,21H2,1-2H3/p+1. The Kier molecular flexibility index (Phi) is 10.1. The van der Waals surface area contributed by atoms with E-state index in [0.29, 0.717) is 16.8 Å². The van der Waals surface area contributed by atoms with Gasteiger partial charge in [-0.25, -0.2) is 4.39 Å². The number of carbonyl (C=O) groups excluding carboxylic acids is 1. The second kappa shape index (κ2) is 13.9. The van der Waals surface area contributed by atoms with Crippen LogP contribution < -0.4 is 0 Å². The molecule has 208 valence electrons. The molecule has 41 heavy (non-hydrogen) atoms. The fraction of sp³-hybridized carbons (Fsp3) is 0.212. The molecule has 0 radical (unpaired) electrons. The molecule has 8 heteroatoms. The lowest BCUT2D eigenvalue weighted by molar-refractivity contribution is -0.138. The summed E-state index contributed by atoms with van der Waals surface area (Å²) in [5, 5.41) is 9.78. The molecular weight excluding hydrogens is 540 g/mol. The summed E-state index contributed by atoms with van der Waals surface area (Å²) in [5.41, 5.74) is 5.53. The predicted octanol–water partition coefficient (Wildman–Crippen LogP) is 6.53. The van der Waals surface area contributed by atoms with Crippen LogP contribution in [0.2, 0.25) is 0 Å². The highest BCUT2D eigenvalue weighted by Gasteiger charge is 2.24. The summed E-state index contributed by atoms with van der Waals surface area (Å²) in [6.07, 6.45) is 0.219. The lowest BCUT2D eigenvalue weighted by Gasteiger charge is -2.22. The minimum absolute atomic E-state index is 0.0657. The lowest BCUT2D eigenvalue weighted by Crippen LogP contribution is -2.16. The zero-order valence-electron chi connectivity index (χ0n) is 22.7. The molecule has 0 aliphatic carbocycles. The number of halogens is 1. The van der Waals surface area contributed by atoms with E-state index < -0.39 is 32.7 Å². The van der Waals surface area contributed by atoms with Crippen molar-refractivity contribution >= 4 is 14.0 Å². The lowest BCUT2D eigenvalue weighted by atomic mass is 9.85. The van der Waals surface area contributed by atoms with Crippen LogP contribution in [0.5, 0.6) is 0 Å². The quantitative estimate of drug-likeness (QED) is 0.135. The molecule has 4 rings (SSSR count). The van der Waals surface area contributed by atoms with Gasteiger partial charge in [0.2, 0.25) is 6.16 Å². The van der Waals surface area contributed by atoms with Gasteiger partial charge >= 0.3 is 14.0 Å². The number of pyridine rings is 1. The topological polar surface area (TPSA) is 96.7 Å². The summed E-state index contributed by atoms with van der Waals surface area (Å²) in [6, 6.07) is 28.1. The Hall–Kier alpha value is -4.21. The van der Waals surface area contributed by atoms with E-state index in [9.17, 15) is 18.9 Å². The number of esters is 1. The Morgan fingerprint density at radius 3 is 2.10 bits per heavy atom. The van der Waals surface area contributed by atoms with Crippen LogP contribution in [-0.4, -0.2) is 33.2 Å². The summed E-state index contributed by atoms with van der Waals surface area (Å²) < 4.78 is 29.8. The summed E-state index contributed by atoms with van der Waals surface area (Å²) in [6.45, 7) is 3.98. The van der Waals surface area contributed by atoms with Crippen molar-refractivity contribution in [3.05, 3.63) is 125 Å². The second-order valence-electron chi connectivity index (χ2n) is 9.86. The molecule has 0 amide bonds. The van der Waals surface area contributed by atoms with E-state index in [0.717, 1.165) is 22.4 Å². The van der Waals surface area contributed by atoms with Crippen molar-refractivity contribution in [3.8, 4) is 23.2 Å². The van der Waals surface area contributed by atoms with E-state index >= 15 is 0 Å². The van der Waals surface area contributed by atoms with E-state index in [4.69, 9.17) is 14.6 Å². The minimum atomic E-state index is -2.59. The van der Waals surface area contributed by atoms with E-state index in [1.54, 1.807) is 12.1 Å². The Labute approximate surface area is 239 Å². The van der Waals surface area contributed by atoms with Gasteiger partial charge in [-0.3, -0.25) is 9.78 Å². The molecule has 2 atom stereocenters. The van der Waals surface area contributed by atoms with Crippen molar-refractivity contribution in [2.24, 2.45) is 0 Å². The van der Waals surface area contributed by atoms with Crippen molar-refractivity contribution in [2.75, 3.05) is 6.16 Å². The third-order valence-corrected chi connectivity index (χ3v) is 7.17. The maximum absolute atomic E-state index is 13.9. The van der Waals surface area contributed by atoms with Crippen LogP contribution in [0.25, 0.3) is 11.1 Å². The average Bonchev–Trinajstić information content (AvgIpc) is 2.94. The Bertz CT molecular complexity index is 1530. The molecule has 0 bridgehead atoms. The van der Waals surface area contributed by atoms with E-state index in [1.807, 2.05) is 56.3 Å². The van der Waals surface area contributed by atoms with Gasteiger partial charge < -0.3 is 9.84 Å². The molecule has 0 spiro atoms. The van der Waals surface area contributed by atoms with Crippen LogP contribution in [0, 0.1) is 17.8 Å². The first kappa shape index (κ1) is 29.8. The zero-order chi connectivity index (χ0) is 29.4. The van der Waals surface area contributed by atoms with Gasteiger partial charge in [0.1, 0.15) is 18.0 Å². The van der Waals surface area contributed by atoms with Gasteiger partial charge in [0.05, 0.1) is 29.3 Å². The monoisotopic (exact) mass is 570 g/mol. The first-order chi connectivity index (χ1) is 19.7. The molecule has 4 aromatic rings. The van der Waals surface area contributed by atoms with Gasteiger partial charge in [-0.15, -0.1) is 0 Å². The number of carbonyl (C=O) groups is 1. The fourth-order valence-corrected chi connectivity index (χ4v) is 5.07. The third kappa shape index (κ3) is 7.93. The third-order valence-electron chi connectivity index (χ3n) is 6.44. The molecule has 0 saturated heterocycles. The highest BCUT2D eigenvalue weighted by Crippen LogP contribution is 2.36. The number of aromatic nitrogens is 1. The number of benzene rings is 3. The molecule has 0 aliphatic rings. The number of aliphatic hydroxyl groups excluding tert-OH is 1. The maximum atomic E-state index is 13.9. The van der Waals surface area contributed by atoms with Crippen LogP contribution in [0.1, 0.15) is 60.2 Å². The Morgan fingerprint density at radius 2 is 1.56 bits per heavy atom. The Balaban J connectivity index is 1.84. The predicted molar refractivity (Wildman–Crippen MR) is 156 cm³/mol. The zero-order valence-corrected chi connectivity index (χ0v) is 23.6. The fourth-order valence-electron chi connectivity index (χ4n) is 4.58. The smallest absolute Gasteiger partial charge is 0.388 e. The molecule has 2 N–H and O–H groups in total. The van der Waals surface area contributed by atoms with Crippen molar-refractivity contribution in [2.45, 2.75) is 38.2 Å². The second-order valence-corrected chi connectivity index (χ2v) is 10.9. The molecule has 0 aliphatic heterocycles. The highest BCUT2D eigenvalue weighted by atomic mass is 31.1. The van der Waals surface area contributed by atoms with Crippen LogP contribution in [0.15, 0.2) is 91.0 Å². The number of rotatable bonds is 9. The van der Waals surface area contributed by atoms with E-state index in [-0.39, 0.29) is 17.7 Å². The van der Waals surface area contributed by atoms with Gasteiger partial charge in [-0.1, -0.05) is 86.6 Å². The van der Waals surface area contributed by atoms with Gasteiger partial charge in [-0.05, 0) is 51.3 Å². The molecule has 2 unspecified atom stereocenters. The molecular formula is C33H30FNO5P+. The average molecular weight is 571 g/mol. The first-order valence-electron chi connectivity index (χ1n) is 13.2. The summed E-state index contributed by atoms with van der Waals surface area (Å²) in [4.78, 5) is 26.2. The molecule has 0 fully saturated rings. The largest absolute Gasteiger partial charge is 0.508 e. The van der Waals surface area contributed by atoms with E-state index in [1.165, 1.54) is 12.1 Å². The summed E-state index contributed by atoms with van der Waals surface area (Å²) in [5.74, 6) is 1.48.